The van der Waals surface area contributed by atoms with Gasteiger partial charge in [-0.25, -0.2) is 4.79 Å². The third-order valence-electron chi connectivity index (χ3n) is 1.43. The summed E-state index contributed by atoms with van der Waals surface area (Å²) in [4.78, 5) is 10.5. The molecule has 0 radical (unpaired) electrons. The molecule has 0 aromatic rings. The highest BCUT2D eigenvalue weighted by Crippen LogP contribution is 2.03. The van der Waals surface area contributed by atoms with Crippen molar-refractivity contribution in [1.29, 1.82) is 0 Å². The van der Waals surface area contributed by atoms with Gasteiger partial charge in [-0.1, -0.05) is 12.2 Å². The molecule has 3 heteroatoms. The Morgan fingerprint density at radius 2 is 2.08 bits per heavy atom. The Morgan fingerprint density at radius 1 is 1.50 bits per heavy atom. The lowest BCUT2D eigenvalue weighted by Gasteiger charge is -2.00. The molecule has 0 aliphatic rings. The first-order chi connectivity index (χ1) is 5.57. The van der Waals surface area contributed by atoms with E-state index >= 15 is 0 Å². The van der Waals surface area contributed by atoms with E-state index in [0.717, 1.165) is 11.1 Å². The summed E-state index contributed by atoms with van der Waals surface area (Å²) in [6.45, 7) is 7.76. The van der Waals surface area contributed by atoms with Crippen molar-refractivity contribution in [2.75, 3.05) is 13.7 Å². The molecule has 0 rings (SSSR count). The summed E-state index contributed by atoms with van der Waals surface area (Å²) in [7, 11) is 1.28. The van der Waals surface area contributed by atoms with Crippen molar-refractivity contribution in [2.24, 2.45) is 0 Å². The maximum atomic E-state index is 10.5. The first-order valence-electron chi connectivity index (χ1n) is 3.61. The fourth-order valence-corrected chi connectivity index (χ4v) is 0.468. The molecule has 0 heterocycles. The summed E-state index contributed by atoms with van der Waals surface area (Å²) >= 11 is 0. The van der Waals surface area contributed by atoms with Gasteiger partial charge in [0.2, 0.25) is 0 Å². The molecule has 0 spiro atoms. The fourth-order valence-electron chi connectivity index (χ4n) is 0.468. The highest BCUT2D eigenvalue weighted by Gasteiger charge is 1.97. The molecule has 0 aliphatic carbocycles. The van der Waals surface area contributed by atoms with Crippen LogP contribution in [0.25, 0.3) is 0 Å². The molecule has 0 bridgehead atoms. The largest absolute Gasteiger partial charge is 0.508 e. The summed E-state index contributed by atoms with van der Waals surface area (Å²) in [5.74, 6) is 0. The average molecular weight is 170 g/mol. The fraction of sp³-hybridized carbons (Fsp3) is 0.444. The summed E-state index contributed by atoms with van der Waals surface area (Å²) in [6.07, 6.45) is 1.11. The summed E-state index contributed by atoms with van der Waals surface area (Å²) in [6, 6.07) is 0. The Hall–Kier alpha value is -1.25. The molecule has 0 fully saturated rings. The van der Waals surface area contributed by atoms with Crippen molar-refractivity contribution in [3.8, 4) is 0 Å². The lowest BCUT2D eigenvalue weighted by Crippen LogP contribution is -2.03. The van der Waals surface area contributed by atoms with Crippen LogP contribution in [0.5, 0.6) is 0 Å². The summed E-state index contributed by atoms with van der Waals surface area (Å²) in [5.41, 5.74) is 1.97. The number of hydrogen-bond donors (Lipinski definition) is 0. The van der Waals surface area contributed by atoms with Crippen molar-refractivity contribution < 1.29 is 14.3 Å². The summed E-state index contributed by atoms with van der Waals surface area (Å²) in [5, 5.41) is 0. The maximum Gasteiger partial charge on any atom is 0.508 e. The molecule has 0 saturated carbocycles. The molecule has 0 aromatic carbocycles. The van der Waals surface area contributed by atoms with Crippen LogP contribution in [0.2, 0.25) is 0 Å². The van der Waals surface area contributed by atoms with E-state index in [9.17, 15) is 4.79 Å². The molecular formula is C9H14O3. The van der Waals surface area contributed by atoms with Gasteiger partial charge >= 0.3 is 6.16 Å². The zero-order valence-electron chi connectivity index (χ0n) is 7.72. The van der Waals surface area contributed by atoms with Crippen LogP contribution < -0.4 is 0 Å². The second kappa shape index (κ2) is 5.41. The zero-order valence-corrected chi connectivity index (χ0v) is 7.72. The predicted octanol–water partition coefficient (Wildman–Crippen LogP) is 2.29. The number of carbonyl (C=O) groups is 1. The van der Waals surface area contributed by atoms with E-state index in [1.807, 2.05) is 13.8 Å². The highest BCUT2D eigenvalue weighted by molar-refractivity contribution is 5.59. The van der Waals surface area contributed by atoms with Gasteiger partial charge < -0.3 is 9.47 Å². The number of ether oxygens (including phenoxy) is 2. The van der Waals surface area contributed by atoms with Crippen molar-refractivity contribution in [3.63, 3.8) is 0 Å². The maximum absolute atomic E-state index is 10.5. The Labute approximate surface area is 72.7 Å². The second-order valence-electron chi connectivity index (χ2n) is 2.43. The predicted molar refractivity (Wildman–Crippen MR) is 46.9 cm³/mol. The molecule has 0 atom stereocenters. The van der Waals surface area contributed by atoms with Crippen LogP contribution in [0.15, 0.2) is 23.8 Å². The topological polar surface area (TPSA) is 35.5 Å². The minimum absolute atomic E-state index is 0.228. The third-order valence-corrected chi connectivity index (χ3v) is 1.43. The highest BCUT2D eigenvalue weighted by atomic mass is 16.7. The van der Waals surface area contributed by atoms with Gasteiger partial charge in [0.05, 0.1) is 7.11 Å². The first kappa shape index (κ1) is 10.8. The van der Waals surface area contributed by atoms with Crippen LogP contribution in [0.1, 0.15) is 13.8 Å². The van der Waals surface area contributed by atoms with Crippen LogP contribution in [-0.2, 0) is 9.47 Å². The molecule has 0 unspecified atom stereocenters. The normalized spacial score (nSPS) is 10.8. The number of allylic oxidation sites excluding steroid dienone is 2. The molecule has 0 aromatic heterocycles. The standard InChI is InChI=1S/C9H14O3/c1-7(2)8(3)5-6-12-9(10)11-4/h5H,1,6H2,2-4H3/b8-5+. The van der Waals surface area contributed by atoms with E-state index in [1.54, 1.807) is 6.08 Å². The van der Waals surface area contributed by atoms with Gasteiger partial charge in [0, 0.05) is 0 Å². The van der Waals surface area contributed by atoms with Gasteiger partial charge in [-0.3, -0.25) is 0 Å². The average Bonchev–Trinajstić information content (AvgIpc) is 2.03. The monoisotopic (exact) mass is 170 g/mol. The lowest BCUT2D eigenvalue weighted by atomic mass is 10.1. The first-order valence-corrected chi connectivity index (χ1v) is 3.61. The van der Waals surface area contributed by atoms with Crippen LogP contribution in [-0.4, -0.2) is 19.9 Å². The second-order valence-corrected chi connectivity index (χ2v) is 2.43. The molecular weight excluding hydrogens is 156 g/mol. The molecule has 12 heavy (non-hydrogen) atoms. The lowest BCUT2D eigenvalue weighted by molar-refractivity contribution is 0.0817. The number of hydrogen-bond acceptors (Lipinski definition) is 3. The van der Waals surface area contributed by atoms with Gasteiger partial charge in [-0.05, 0) is 25.5 Å². The molecule has 0 amide bonds. The van der Waals surface area contributed by atoms with Crippen molar-refractivity contribution >= 4 is 6.16 Å². The van der Waals surface area contributed by atoms with Gasteiger partial charge in [0.15, 0.2) is 0 Å². The third kappa shape index (κ3) is 4.55. The van der Waals surface area contributed by atoms with Gasteiger partial charge in [0.1, 0.15) is 6.61 Å². The number of methoxy groups -OCH3 is 1. The Bertz CT molecular complexity index is 204. The molecule has 0 saturated heterocycles. The molecule has 68 valence electrons. The minimum Gasteiger partial charge on any atom is -0.438 e. The van der Waals surface area contributed by atoms with Crippen molar-refractivity contribution in [3.05, 3.63) is 23.8 Å². The van der Waals surface area contributed by atoms with E-state index in [2.05, 4.69) is 16.1 Å². The number of rotatable bonds is 3. The van der Waals surface area contributed by atoms with Gasteiger partial charge in [0.25, 0.3) is 0 Å². The molecule has 0 N–H and O–H groups in total. The minimum atomic E-state index is -0.666. The quantitative estimate of drug-likeness (QED) is 0.481. The molecule has 3 nitrogen and oxygen atoms in total. The van der Waals surface area contributed by atoms with Gasteiger partial charge in [-0.15, -0.1) is 0 Å². The van der Waals surface area contributed by atoms with Crippen molar-refractivity contribution in [2.45, 2.75) is 13.8 Å². The Balaban J connectivity index is 3.75. The van der Waals surface area contributed by atoms with E-state index in [1.165, 1.54) is 7.11 Å². The molecule has 0 aliphatic heterocycles. The van der Waals surface area contributed by atoms with Crippen LogP contribution in [0.4, 0.5) is 4.79 Å². The zero-order chi connectivity index (χ0) is 9.56. The summed E-state index contributed by atoms with van der Waals surface area (Å²) < 4.78 is 8.91. The van der Waals surface area contributed by atoms with Crippen LogP contribution >= 0.6 is 0 Å². The smallest absolute Gasteiger partial charge is 0.438 e. The number of carbonyl (C=O) groups excluding carboxylic acids is 1. The Morgan fingerprint density at radius 3 is 2.50 bits per heavy atom. The van der Waals surface area contributed by atoms with E-state index in [-0.39, 0.29) is 6.61 Å². The van der Waals surface area contributed by atoms with E-state index in [4.69, 9.17) is 0 Å². The van der Waals surface area contributed by atoms with Crippen LogP contribution in [0, 0.1) is 0 Å². The SMILES string of the molecule is C=C(C)/C(C)=C/COC(=O)OC. The van der Waals surface area contributed by atoms with E-state index < -0.39 is 6.16 Å². The van der Waals surface area contributed by atoms with Crippen molar-refractivity contribution in [1.82, 2.24) is 0 Å². The van der Waals surface area contributed by atoms with Crippen LogP contribution in [0.3, 0.4) is 0 Å². The Kier molecular flexibility index (Phi) is 4.84. The van der Waals surface area contributed by atoms with Gasteiger partial charge in [-0.2, -0.15) is 0 Å². The van der Waals surface area contributed by atoms with E-state index in [0.29, 0.717) is 0 Å².